The molecule has 1 amide bonds. The standard InChI is InChI=1S/C30H28N10O3/c1-2-21(35-26-20(15-31)25(32)37-30(33)38-26)27-36-23-10-6-9-22(24(23)29(42)40(27)19-7-4-3-5-8-19)34-16-17-11-13-18(14-12-17)28(41)39-43/h3-14,21,34,43H,2,16H2,1H3,(H,39,41)(H5,32,33,35,37,38). The molecule has 1 atom stereocenters. The van der Waals surface area contributed by atoms with Gasteiger partial charge in [-0.05, 0) is 48.4 Å². The van der Waals surface area contributed by atoms with Crippen molar-refractivity contribution in [3.05, 3.63) is 106 Å². The first-order valence-corrected chi connectivity index (χ1v) is 13.3. The number of carbonyl (C=O) groups is 1. The van der Waals surface area contributed by atoms with Crippen molar-refractivity contribution in [3.8, 4) is 11.8 Å². The van der Waals surface area contributed by atoms with Crippen LogP contribution in [0.3, 0.4) is 0 Å². The number of hydrogen-bond acceptors (Lipinski definition) is 11. The highest BCUT2D eigenvalue weighted by molar-refractivity contribution is 5.93. The number of hydrogen-bond donors (Lipinski definition) is 6. The molecule has 13 nitrogen and oxygen atoms in total. The van der Waals surface area contributed by atoms with Gasteiger partial charge in [-0.15, -0.1) is 0 Å². The molecule has 2 aromatic heterocycles. The first kappa shape index (κ1) is 28.5. The van der Waals surface area contributed by atoms with E-state index in [0.717, 1.165) is 5.56 Å². The van der Waals surface area contributed by atoms with E-state index in [2.05, 4.69) is 20.6 Å². The summed E-state index contributed by atoms with van der Waals surface area (Å²) in [5.74, 6) is -0.205. The zero-order valence-electron chi connectivity index (χ0n) is 23.1. The van der Waals surface area contributed by atoms with Gasteiger partial charge in [0.15, 0.2) is 5.82 Å². The summed E-state index contributed by atoms with van der Waals surface area (Å²) < 4.78 is 1.54. The molecule has 0 saturated carbocycles. The molecular weight excluding hydrogens is 548 g/mol. The number of hydroxylamine groups is 1. The minimum atomic E-state index is -0.604. The predicted octanol–water partition coefficient (Wildman–Crippen LogP) is 3.51. The van der Waals surface area contributed by atoms with Crippen molar-refractivity contribution >= 4 is 40.1 Å². The van der Waals surface area contributed by atoms with E-state index in [9.17, 15) is 14.9 Å². The van der Waals surface area contributed by atoms with Crippen molar-refractivity contribution in [1.29, 1.82) is 5.26 Å². The molecule has 5 aromatic rings. The number of anilines is 4. The van der Waals surface area contributed by atoms with Crippen LogP contribution >= 0.6 is 0 Å². The lowest BCUT2D eigenvalue weighted by molar-refractivity contribution is 0.0706. The molecule has 5 rings (SSSR count). The fourth-order valence-corrected chi connectivity index (χ4v) is 4.72. The van der Waals surface area contributed by atoms with Gasteiger partial charge in [-0.25, -0.2) is 10.5 Å². The molecule has 0 bridgehead atoms. The number of para-hydroxylation sites is 1. The van der Waals surface area contributed by atoms with Crippen LogP contribution in [0.5, 0.6) is 0 Å². The number of nitrogens with two attached hydrogens (primary N) is 2. The molecule has 8 N–H and O–H groups in total. The van der Waals surface area contributed by atoms with Gasteiger partial charge in [-0.2, -0.15) is 15.2 Å². The van der Waals surface area contributed by atoms with Gasteiger partial charge in [0.25, 0.3) is 11.5 Å². The topological polar surface area (TPSA) is 210 Å². The number of nitrogen functional groups attached to an aromatic ring is 2. The van der Waals surface area contributed by atoms with E-state index < -0.39 is 11.9 Å². The van der Waals surface area contributed by atoms with Crippen LogP contribution in [0.1, 0.15) is 46.7 Å². The van der Waals surface area contributed by atoms with E-state index in [-0.39, 0.29) is 28.7 Å². The molecule has 0 saturated heterocycles. The summed E-state index contributed by atoms with van der Waals surface area (Å²) in [5.41, 5.74) is 15.9. The largest absolute Gasteiger partial charge is 0.382 e. The number of nitriles is 1. The van der Waals surface area contributed by atoms with E-state index in [4.69, 9.17) is 21.7 Å². The van der Waals surface area contributed by atoms with Crippen LogP contribution in [-0.2, 0) is 6.54 Å². The van der Waals surface area contributed by atoms with Crippen LogP contribution in [0.4, 0.5) is 23.3 Å². The lowest BCUT2D eigenvalue weighted by Gasteiger charge is -2.23. The average Bonchev–Trinajstić information content (AvgIpc) is 3.02. The number of aromatic nitrogens is 4. The van der Waals surface area contributed by atoms with Crippen molar-refractivity contribution in [2.24, 2.45) is 0 Å². The third-order valence-electron chi connectivity index (χ3n) is 6.84. The Morgan fingerprint density at radius 1 is 1.02 bits per heavy atom. The van der Waals surface area contributed by atoms with Gasteiger partial charge in [0.2, 0.25) is 5.95 Å². The van der Waals surface area contributed by atoms with E-state index in [1.807, 2.05) is 43.3 Å². The molecule has 2 heterocycles. The monoisotopic (exact) mass is 576 g/mol. The Hall–Kier alpha value is -6.00. The molecule has 0 radical (unpaired) electrons. The summed E-state index contributed by atoms with van der Waals surface area (Å²) in [6.07, 6.45) is 0.474. The quantitative estimate of drug-likeness (QED) is 0.110. The maximum absolute atomic E-state index is 14.3. The second-order valence-corrected chi connectivity index (χ2v) is 9.54. The van der Waals surface area contributed by atoms with E-state index in [1.54, 1.807) is 47.9 Å². The minimum Gasteiger partial charge on any atom is -0.382 e. The molecule has 1 unspecified atom stereocenters. The van der Waals surface area contributed by atoms with Crippen molar-refractivity contribution in [2.75, 3.05) is 22.1 Å². The Balaban J connectivity index is 1.60. The Bertz CT molecular complexity index is 1900. The van der Waals surface area contributed by atoms with Crippen LogP contribution in [0.2, 0.25) is 0 Å². The van der Waals surface area contributed by atoms with Gasteiger partial charge in [-0.3, -0.25) is 19.4 Å². The third kappa shape index (κ3) is 5.76. The maximum atomic E-state index is 14.3. The van der Waals surface area contributed by atoms with Gasteiger partial charge in [0, 0.05) is 17.8 Å². The number of carbonyl (C=O) groups excluding carboxylic acids is 1. The number of benzene rings is 3. The summed E-state index contributed by atoms with van der Waals surface area (Å²) in [4.78, 5) is 38.9. The normalized spacial score (nSPS) is 11.5. The second-order valence-electron chi connectivity index (χ2n) is 9.54. The van der Waals surface area contributed by atoms with E-state index in [0.29, 0.717) is 46.6 Å². The summed E-state index contributed by atoms with van der Waals surface area (Å²) >= 11 is 0. The Morgan fingerprint density at radius 2 is 1.77 bits per heavy atom. The van der Waals surface area contributed by atoms with Gasteiger partial charge >= 0.3 is 0 Å². The molecule has 0 spiro atoms. The molecule has 0 aliphatic rings. The lowest BCUT2D eigenvalue weighted by Crippen LogP contribution is -2.29. The molecule has 0 aliphatic heterocycles. The smallest absolute Gasteiger partial charge is 0.274 e. The van der Waals surface area contributed by atoms with Crippen molar-refractivity contribution in [2.45, 2.75) is 25.9 Å². The number of nitrogens with zero attached hydrogens (tertiary/aromatic N) is 5. The molecule has 43 heavy (non-hydrogen) atoms. The fourth-order valence-electron chi connectivity index (χ4n) is 4.72. The molecule has 0 fully saturated rings. The number of fused-ring (bicyclic) bond motifs is 1. The van der Waals surface area contributed by atoms with Crippen molar-refractivity contribution in [1.82, 2.24) is 25.0 Å². The maximum Gasteiger partial charge on any atom is 0.274 e. The first-order valence-electron chi connectivity index (χ1n) is 13.3. The number of nitrogens with one attached hydrogen (secondary N) is 3. The Labute approximate surface area is 245 Å². The summed E-state index contributed by atoms with van der Waals surface area (Å²) in [6, 6.07) is 22.6. The van der Waals surface area contributed by atoms with Gasteiger partial charge in [0.05, 0.1) is 22.6 Å². The first-order chi connectivity index (χ1) is 20.8. The predicted molar refractivity (Wildman–Crippen MR) is 163 cm³/mol. The van der Waals surface area contributed by atoms with E-state index >= 15 is 0 Å². The van der Waals surface area contributed by atoms with Gasteiger partial charge < -0.3 is 22.1 Å². The van der Waals surface area contributed by atoms with Crippen LogP contribution in [0.15, 0.2) is 77.6 Å². The molecule has 0 aliphatic carbocycles. The van der Waals surface area contributed by atoms with E-state index in [1.165, 1.54) is 4.57 Å². The summed E-state index contributed by atoms with van der Waals surface area (Å²) in [7, 11) is 0. The number of amides is 1. The van der Waals surface area contributed by atoms with Gasteiger partial charge in [0.1, 0.15) is 23.3 Å². The highest BCUT2D eigenvalue weighted by atomic mass is 16.5. The zero-order chi connectivity index (χ0) is 30.5. The highest BCUT2D eigenvalue weighted by Crippen LogP contribution is 2.29. The molecular formula is C30H28N10O3. The van der Waals surface area contributed by atoms with Gasteiger partial charge in [-0.1, -0.05) is 43.3 Å². The van der Waals surface area contributed by atoms with Crippen LogP contribution in [-0.4, -0.2) is 30.6 Å². The Morgan fingerprint density at radius 3 is 2.44 bits per heavy atom. The SMILES string of the molecule is CCC(Nc1nc(N)nc(N)c1C#N)c1nc2cccc(NCc3ccc(C(=O)NO)cc3)c2c(=O)n1-c1ccccc1. The fraction of sp³-hybridized carbons (Fsp3) is 0.133. The summed E-state index contributed by atoms with van der Waals surface area (Å²) in [5, 5.41) is 25.4. The lowest BCUT2D eigenvalue weighted by atomic mass is 10.1. The minimum absolute atomic E-state index is 0.0403. The highest BCUT2D eigenvalue weighted by Gasteiger charge is 2.24. The molecule has 3 aromatic carbocycles. The number of rotatable bonds is 9. The van der Waals surface area contributed by atoms with Crippen molar-refractivity contribution < 1.29 is 10.0 Å². The van der Waals surface area contributed by atoms with Crippen molar-refractivity contribution in [3.63, 3.8) is 0 Å². The Kier molecular flexibility index (Phi) is 8.13. The second kappa shape index (κ2) is 12.2. The summed E-state index contributed by atoms with van der Waals surface area (Å²) in [6.45, 7) is 2.27. The average molecular weight is 577 g/mol. The van der Waals surface area contributed by atoms with Crippen LogP contribution in [0, 0.1) is 11.3 Å². The molecule has 216 valence electrons. The van der Waals surface area contributed by atoms with Crippen LogP contribution < -0.4 is 33.1 Å². The zero-order valence-corrected chi connectivity index (χ0v) is 23.1. The molecule has 13 heteroatoms. The third-order valence-corrected chi connectivity index (χ3v) is 6.84. The van der Waals surface area contributed by atoms with Crippen LogP contribution in [0.25, 0.3) is 16.6 Å².